The Labute approximate surface area is 181 Å². The fraction of sp³-hybridized carbons (Fsp3) is 0.538. The maximum atomic E-state index is 6.19. The highest BCUT2D eigenvalue weighted by Gasteiger charge is 2.43. The fourth-order valence-corrected chi connectivity index (χ4v) is 4.64. The van der Waals surface area contributed by atoms with Crippen LogP contribution in [0.25, 0.3) is 0 Å². The van der Waals surface area contributed by atoms with Crippen molar-refractivity contribution >= 4 is 0 Å². The molecule has 164 valence electrons. The molecule has 4 nitrogen and oxygen atoms in total. The molecule has 1 fully saturated rings. The molecule has 0 bridgehead atoms. The van der Waals surface area contributed by atoms with E-state index in [1.54, 1.807) is 14.2 Å². The second-order valence-electron chi connectivity index (χ2n) is 8.84. The van der Waals surface area contributed by atoms with Crippen molar-refractivity contribution in [1.29, 1.82) is 0 Å². The second-order valence-corrected chi connectivity index (χ2v) is 8.84. The van der Waals surface area contributed by atoms with Crippen LogP contribution in [0.5, 0.6) is 11.5 Å². The Morgan fingerprint density at radius 3 is 2.43 bits per heavy atom. The van der Waals surface area contributed by atoms with Crippen molar-refractivity contribution < 1.29 is 14.2 Å². The first-order valence-electron chi connectivity index (χ1n) is 11.1. The number of rotatable bonds is 9. The van der Waals surface area contributed by atoms with Crippen LogP contribution in [0.1, 0.15) is 56.2 Å². The molecule has 30 heavy (non-hydrogen) atoms. The first kappa shape index (κ1) is 22.6. The molecule has 3 rings (SSSR count). The van der Waals surface area contributed by atoms with E-state index in [2.05, 4.69) is 56.4 Å². The minimum absolute atomic E-state index is 0.0491. The lowest BCUT2D eigenvalue weighted by atomic mass is 9.66. The molecule has 1 unspecified atom stereocenters. The molecule has 1 N–H and O–H groups in total. The van der Waals surface area contributed by atoms with E-state index in [1.807, 2.05) is 12.1 Å². The number of aryl methyl sites for hydroxylation is 1. The maximum Gasteiger partial charge on any atom is 0.161 e. The van der Waals surface area contributed by atoms with E-state index in [0.717, 1.165) is 56.9 Å². The zero-order chi connectivity index (χ0) is 21.6. The van der Waals surface area contributed by atoms with Crippen LogP contribution >= 0.6 is 0 Å². The second kappa shape index (κ2) is 9.84. The van der Waals surface area contributed by atoms with Crippen LogP contribution < -0.4 is 14.8 Å². The Morgan fingerprint density at radius 1 is 1.03 bits per heavy atom. The SMILES string of the molecule is CCC1(C)C[C@](CCNCc2ccc(OC)c(OC)c2)(c2ccc(C)cc2)CCO1. The largest absolute Gasteiger partial charge is 0.493 e. The lowest BCUT2D eigenvalue weighted by Gasteiger charge is -2.47. The number of nitrogens with one attached hydrogen (secondary N) is 1. The van der Waals surface area contributed by atoms with Crippen molar-refractivity contribution in [1.82, 2.24) is 5.32 Å². The molecular weight excluding hydrogens is 374 g/mol. The highest BCUT2D eigenvalue weighted by atomic mass is 16.5. The highest BCUT2D eigenvalue weighted by molar-refractivity contribution is 5.42. The molecule has 1 saturated heterocycles. The monoisotopic (exact) mass is 411 g/mol. The molecule has 0 saturated carbocycles. The molecule has 0 radical (unpaired) electrons. The molecule has 1 heterocycles. The van der Waals surface area contributed by atoms with E-state index in [0.29, 0.717) is 0 Å². The maximum absolute atomic E-state index is 6.19. The van der Waals surface area contributed by atoms with E-state index in [-0.39, 0.29) is 11.0 Å². The molecule has 4 heteroatoms. The molecule has 1 aliphatic rings. The zero-order valence-electron chi connectivity index (χ0n) is 19.2. The van der Waals surface area contributed by atoms with E-state index in [4.69, 9.17) is 14.2 Å². The summed E-state index contributed by atoms with van der Waals surface area (Å²) >= 11 is 0. The van der Waals surface area contributed by atoms with Crippen molar-refractivity contribution in [3.8, 4) is 11.5 Å². The first-order chi connectivity index (χ1) is 14.4. The summed E-state index contributed by atoms with van der Waals surface area (Å²) in [5.74, 6) is 1.54. The molecule has 2 aromatic rings. The summed E-state index contributed by atoms with van der Waals surface area (Å²) in [6.45, 7) is 9.26. The topological polar surface area (TPSA) is 39.7 Å². The van der Waals surface area contributed by atoms with Gasteiger partial charge in [-0.25, -0.2) is 0 Å². The van der Waals surface area contributed by atoms with Gasteiger partial charge in [0, 0.05) is 18.6 Å². The van der Waals surface area contributed by atoms with E-state index in [9.17, 15) is 0 Å². The highest BCUT2D eigenvalue weighted by Crippen LogP contribution is 2.45. The van der Waals surface area contributed by atoms with Crippen LogP contribution in [-0.2, 0) is 16.7 Å². The van der Waals surface area contributed by atoms with Gasteiger partial charge in [0.1, 0.15) is 0 Å². The number of hydrogen-bond acceptors (Lipinski definition) is 4. The van der Waals surface area contributed by atoms with Gasteiger partial charge < -0.3 is 19.5 Å². The van der Waals surface area contributed by atoms with Crippen molar-refractivity contribution in [2.45, 2.75) is 64.0 Å². The summed E-state index contributed by atoms with van der Waals surface area (Å²) in [6.07, 6.45) is 4.28. The Morgan fingerprint density at radius 2 is 1.77 bits per heavy atom. The van der Waals surface area contributed by atoms with Crippen LogP contribution in [0, 0.1) is 6.92 Å². The molecular formula is C26H37NO3. The fourth-order valence-electron chi connectivity index (χ4n) is 4.64. The number of hydrogen-bond donors (Lipinski definition) is 1. The molecule has 1 aliphatic heterocycles. The van der Waals surface area contributed by atoms with Crippen LogP contribution in [0.3, 0.4) is 0 Å². The molecule has 2 aromatic carbocycles. The Hall–Kier alpha value is -2.04. The Balaban J connectivity index is 1.69. The van der Waals surface area contributed by atoms with Crippen molar-refractivity contribution in [3.05, 3.63) is 59.2 Å². The van der Waals surface area contributed by atoms with Crippen LogP contribution in [-0.4, -0.2) is 33.0 Å². The van der Waals surface area contributed by atoms with E-state index < -0.39 is 0 Å². The molecule has 2 atom stereocenters. The summed E-state index contributed by atoms with van der Waals surface area (Å²) in [5, 5.41) is 3.65. The smallest absolute Gasteiger partial charge is 0.161 e. The van der Waals surface area contributed by atoms with Crippen molar-refractivity contribution in [2.75, 3.05) is 27.4 Å². The minimum Gasteiger partial charge on any atom is -0.493 e. The molecule has 0 amide bonds. The third-order valence-corrected chi connectivity index (χ3v) is 6.71. The van der Waals surface area contributed by atoms with Gasteiger partial charge in [0.05, 0.1) is 19.8 Å². The lowest BCUT2D eigenvalue weighted by molar-refractivity contribution is -0.0979. The zero-order valence-corrected chi connectivity index (χ0v) is 19.2. The summed E-state index contributed by atoms with van der Waals surface area (Å²) in [5.41, 5.74) is 4.06. The van der Waals surface area contributed by atoms with Gasteiger partial charge in [-0.1, -0.05) is 42.8 Å². The van der Waals surface area contributed by atoms with Gasteiger partial charge in [-0.15, -0.1) is 0 Å². The van der Waals surface area contributed by atoms with Crippen LogP contribution in [0.15, 0.2) is 42.5 Å². The first-order valence-corrected chi connectivity index (χ1v) is 11.1. The third-order valence-electron chi connectivity index (χ3n) is 6.71. The predicted octanol–water partition coefficient (Wildman–Crippen LogP) is 5.41. The van der Waals surface area contributed by atoms with Gasteiger partial charge in [0.15, 0.2) is 11.5 Å². The van der Waals surface area contributed by atoms with Crippen LogP contribution in [0.4, 0.5) is 0 Å². The standard InChI is InChI=1S/C26H37NO3/c1-6-25(3)19-26(14-16-30-25,22-10-7-20(2)8-11-22)13-15-27-18-21-9-12-23(28-4)24(17-21)29-5/h7-12,17,27H,6,13-16,18-19H2,1-5H3/t25?,26-/m1/s1. The predicted molar refractivity (Wildman–Crippen MR) is 123 cm³/mol. The summed E-state index contributed by atoms with van der Waals surface area (Å²) in [4.78, 5) is 0. The summed E-state index contributed by atoms with van der Waals surface area (Å²) < 4.78 is 17.0. The normalized spacial score (nSPS) is 23.9. The average Bonchev–Trinajstić information content (AvgIpc) is 2.77. The average molecular weight is 412 g/mol. The number of benzene rings is 2. The van der Waals surface area contributed by atoms with Gasteiger partial charge in [-0.3, -0.25) is 0 Å². The quantitative estimate of drug-likeness (QED) is 0.560. The van der Waals surface area contributed by atoms with Crippen molar-refractivity contribution in [3.63, 3.8) is 0 Å². The van der Waals surface area contributed by atoms with Crippen LogP contribution in [0.2, 0.25) is 0 Å². The molecule has 0 aliphatic carbocycles. The van der Waals surface area contributed by atoms with E-state index in [1.165, 1.54) is 16.7 Å². The van der Waals surface area contributed by atoms with Gasteiger partial charge in [-0.2, -0.15) is 0 Å². The molecule has 0 spiro atoms. The van der Waals surface area contributed by atoms with Gasteiger partial charge >= 0.3 is 0 Å². The van der Waals surface area contributed by atoms with Gasteiger partial charge in [0.25, 0.3) is 0 Å². The number of ether oxygens (including phenoxy) is 3. The lowest BCUT2D eigenvalue weighted by Crippen LogP contribution is -2.46. The van der Waals surface area contributed by atoms with Crippen molar-refractivity contribution in [2.24, 2.45) is 0 Å². The van der Waals surface area contributed by atoms with Gasteiger partial charge in [0.2, 0.25) is 0 Å². The summed E-state index contributed by atoms with van der Waals surface area (Å²) in [6, 6.07) is 15.2. The summed E-state index contributed by atoms with van der Waals surface area (Å²) in [7, 11) is 3.34. The Kier molecular flexibility index (Phi) is 7.43. The minimum atomic E-state index is -0.0491. The number of methoxy groups -OCH3 is 2. The van der Waals surface area contributed by atoms with E-state index >= 15 is 0 Å². The Bertz CT molecular complexity index is 820. The molecule has 0 aromatic heterocycles. The third kappa shape index (κ3) is 5.16. The van der Waals surface area contributed by atoms with Gasteiger partial charge in [-0.05, 0) is 69.3 Å².